The van der Waals surface area contributed by atoms with Crippen LogP contribution in [0.3, 0.4) is 0 Å². The van der Waals surface area contributed by atoms with Crippen molar-refractivity contribution in [3.05, 3.63) is 65.4 Å². The molecule has 0 bridgehead atoms. The van der Waals surface area contributed by atoms with E-state index in [-0.39, 0.29) is 18.4 Å². The Labute approximate surface area is 252 Å². The summed E-state index contributed by atoms with van der Waals surface area (Å²) in [4.78, 5) is 30.1. The number of methoxy groups -OCH3 is 4. The van der Waals surface area contributed by atoms with Crippen molar-refractivity contribution in [2.75, 3.05) is 39.9 Å². The molecule has 2 heterocycles. The third-order valence-electron chi connectivity index (χ3n) is 7.16. The molecule has 11 nitrogen and oxygen atoms in total. The van der Waals surface area contributed by atoms with Crippen LogP contribution < -0.4 is 23.8 Å². The molecular formula is C32H40N4O7. The fraction of sp³-hybridized carbons (Fsp3) is 0.438. The number of carbonyl (C=O) groups excluding carboxylic acids is 2. The van der Waals surface area contributed by atoms with E-state index in [9.17, 15) is 9.59 Å². The Morgan fingerprint density at radius 3 is 2.16 bits per heavy atom. The highest BCUT2D eigenvalue weighted by Crippen LogP contribution is 2.31. The maximum atomic E-state index is 13.4. The highest BCUT2D eigenvalue weighted by Gasteiger charge is 2.33. The molecule has 1 aliphatic heterocycles. The topological polar surface area (TPSA) is 113 Å². The first-order valence-electron chi connectivity index (χ1n) is 14.1. The monoisotopic (exact) mass is 592 g/mol. The minimum Gasteiger partial charge on any atom is -0.497 e. The van der Waals surface area contributed by atoms with Gasteiger partial charge in [-0.15, -0.1) is 5.10 Å². The first-order chi connectivity index (χ1) is 20.5. The summed E-state index contributed by atoms with van der Waals surface area (Å²) in [7, 11) is 6.34. The lowest BCUT2D eigenvalue weighted by Gasteiger charge is -2.27. The van der Waals surface area contributed by atoms with Crippen molar-refractivity contribution in [3.8, 4) is 23.0 Å². The average Bonchev–Trinajstić information content (AvgIpc) is 3.33. The van der Waals surface area contributed by atoms with Crippen LogP contribution >= 0.6 is 0 Å². The van der Waals surface area contributed by atoms with Crippen LogP contribution in [-0.2, 0) is 29.0 Å². The summed E-state index contributed by atoms with van der Waals surface area (Å²) < 4.78 is 27.4. The molecule has 43 heavy (non-hydrogen) atoms. The van der Waals surface area contributed by atoms with Crippen molar-refractivity contribution in [3.63, 3.8) is 0 Å². The molecule has 4 rings (SSSR count). The zero-order valence-electron chi connectivity index (χ0n) is 25.9. The van der Waals surface area contributed by atoms with Gasteiger partial charge in [0.25, 0.3) is 0 Å². The van der Waals surface area contributed by atoms with Gasteiger partial charge < -0.3 is 28.6 Å². The molecule has 1 aliphatic rings. The number of benzene rings is 2. The van der Waals surface area contributed by atoms with Crippen LogP contribution in [0.15, 0.2) is 48.7 Å². The minimum absolute atomic E-state index is 0.0585. The molecule has 1 saturated heterocycles. The summed E-state index contributed by atoms with van der Waals surface area (Å²) in [6.07, 6.45) is 2.22. The van der Waals surface area contributed by atoms with E-state index in [1.54, 1.807) is 73.6 Å². The van der Waals surface area contributed by atoms with Gasteiger partial charge in [-0.2, -0.15) is 5.10 Å². The number of aromatic nitrogens is 2. The van der Waals surface area contributed by atoms with Gasteiger partial charge in [-0.1, -0.05) is 0 Å². The van der Waals surface area contributed by atoms with E-state index in [0.717, 1.165) is 16.7 Å². The molecular weight excluding hydrogens is 552 g/mol. The zero-order chi connectivity index (χ0) is 31.1. The molecule has 0 spiro atoms. The molecule has 230 valence electrons. The molecule has 1 aromatic heterocycles. The van der Waals surface area contributed by atoms with Gasteiger partial charge in [-0.25, -0.2) is 4.79 Å². The number of likely N-dealkylation sites (tertiary alicyclic amines) is 1. The zero-order valence-corrected chi connectivity index (χ0v) is 25.9. The molecule has 3 aromatic rings. The lowest BCUT2D eigenvalue weighted by molar-refractivity contribution is -0.131. The molecule has 0 radical (unpaired) electrons. The Morgan fingerprint density at radius 2 is 1.56 bits per heavy atom. The molecule has 0 saturated carbocycles. The fourth-order valence-corrected chi connectivity index (χ4v) is 4.97. The Balaban J connectivity index is 1.53. The maximum absolute atomic E-state index is 13.4. The van der Waals surface area contributed by atoms with E-state index in [0.29, 0.717) is 54.7 Å². The number of amides is 2. The summed E-state index contributed by atoms with van der Waals surface area (Å²) in [5.74, 6) is 2.71. The first-order valence-corrected chi connectivity index (χ1v) is 14.1. The van der Waals surface area contributed by atoms with Crippen molar-refractivity contribution >= 4 is 17.8 Å². The highest BCUT2D eigenvalue weighted by atomic mass is 16.6. The SMILES string of the molecule is COc1ccc(CN2CCC(Cc3cnnc(N(Cc4ccc(OC)cc4OC)C(=O)OC(C)(C)C)c3)C2=O)c(OC)c1. The predicted molar refractivity (Wildman–Crippen MR) is 161 cm³/mol. The number of nitrogens with zero attached hydrogens (tertiary/aromatic N) is 4. The van der Waals surface area contributed by atoms with Gasteiger partial charge in [-0.05, 0) is 69.5 Å². The summed E-state index contributed by atoms with van der Waals surface area (Å²) in [6, 6.07) is 12.8. The summed E-state index contributed by atoms with van der Waals surface area (Å²) in [5, 5.41) is 8.45. The van der Waals surface area contributed by atoms with E-state index in [1.165, 1.54) is 4.90 Å². The summed E-state index contributed by atoms with van der Waals surface area (Å²) >= 11 is 0. The molecule has 1 unspecified atom stereocenters. The van der Waals surface area contributed by atoms with Gasteiger partial charge >= 0.3 is 6.09 Å². The lowest BCUT2D eigenvalue weighted by Crippen LogP contribution is -2.37. The van der Waals surface area contributed by atoms with Gasteiger partial charge in [-0.3, -0.25) is 9.69 Å². The number of hydrogen-bond donors (Lipinski definition) is 0. The van der Waals surface area contributed by atoms with E-state index < -0.39 is 11.7 Å². The Bertz CT molecular complexity index is 1440. The summed E-state index contributed by atoms with van der Waals surface area (Å²) in [6.45, 7) is 6.61. The second-order valence-electron chi connectivity index (χ2n) is 11.3. The number of hydrogen-bond acceptors (Lipinski definition) is 9. The lowest BCUT2D eigenvalue weighted by atomic mass is 9.99. The molecule has 0 N–H and O–H groups in total. The van der Waals surface area contributed by atoms with Crippen molar-refractivity contribution in [1.82, 2.24) is 15.1 Å². The molecule has 11 heteroatoms. The van der Waals surface area contributed by atoms with Crippen molar-refractivity contribution in [2.24, 2.45) is 5.92 Å². The van der Waals surface area contributed by atoms with Crippen LogP contribution in [-0.4, -0.2) is 67.7 Å². The number of carbonyl (C=O) groups is 2. The van der Waals surface area contributed by atoms with Gasteiger partial charge in [0.15, 0.2) is 5.82 Å². The van der Waals surface area contributed by atoms with E-state index in [1.807, 2.05) is 29.2 Å². The Kier molecular flexibility index (Phi) is 9.95. The number of rotatable bonds is 11. The number of anilines is 1. The van der Waals surface area contributed by atoms with E-state index in [4.69, 9.17) is 23.7 Å². The third kappa shape index (κ3) is 7.85. The summed E-state index contributed by atoms with van der Waals surface area (Å²) in [5.41, 5.74) is 1.71. The smallest absolute Gasteiger partial charge is 0.416 e. The molecule has 1 atom stereocenters. The molecule has 2 amide bonds. The van der Waals surface area contributed by atoms with Crippen LogP contribution in [0.2, 0.25) is 0 Å². The van der Waals surface area contributed by atoms with Gasteiger partial charge in [0, 0.05) is 42.3 Å². The second-order valence-corrected chi connectivity index (χ2v) is 11.3. The first kappa shape index (κ1) is 31.4. The van der Waals surface area contributed by atoms with Crippen molar-refractivity contribution < 1.29 is 33.3 Å². The maximum Gasteiger partial charge on any atom is 0.416 e. The average molecular weight is 593 g/mol. The standard InChI is InChI=1S/C32H40N4O7/c1-32(2,3)43-31(38)36(20-24-9-11-26(40-5)17-28(24)42-7)29-15-21(18-33-34-29)14-22-12-13-35(30(22)37)19-23-8-10-25(39-4)16-27(23)41-6/h8-11,15-18,22H,12-14,19-20H2,1-7H3. The van der Waals surface area contributed by atoms with E-state index in [2.05, 4.69) is 10.2 Å². The molecule has 0 aliphatic carbocycles. The second kappa shape index (κ2) is 13.6. The van der Waals surface area contributed by atoms with Crippen molar-refractivity contribution in [2.45, 2.75) is 52.3 Å². The molecule has 2 aromatic carbocycles. The van der Waals surface area contributed by atoms with E-state index >= 15 is 0 Å². The normalized spacial score (nSPS) is 14.8. The number of ether oxygens (including phenoxy) is 5. The highest BCUT2D eigenvalue weighted by molar-refractivity contribution is 5.87. The van der Waals surface area contributed by atoms with Crippen LogP contribution in [0.4, 0.5) is 10.6 Å². The van der Waals surface area contributed by atoms with Crippen LogP contribution in [0.1, 0.15) is 43.9 Å². The third-order valence-corrected chi connectivity index (χ3v) is 7.16. The van der Waals surface area contributed by atoms with Gasteiger partial charge in [0.2, 0.25) is 5.91 Å². The van der Waals surface area contributed by atoms with Crippen LogP contribution in [0.25, 0.3) is 0 Å². The largest absolute Gasteiger partial charge is 0.497 e. The predicted octanol–water partition coefficient (Wildman–Crippen LogP) is 5.04. The Hall–Kier alpha value is -4.54. The quantitative estimate of drug-likeness (QED) is 0.302. The van der Waals surface area contributed by atoms with Crippen LogP contribution in [0.5, 0.6) is 23.0 Å². The van der Waals surface area contributed by atoms with Crippen molar-refractivity contribution in [1.29, 1.82) is 0 Å². The van der Waals surface area contributed by atoms with Gasteiger partial charge in [0.1, 0.15) is 28.6 Å². The molecule has 1 fully saturated rings. The Morgan fingerprint density at radius 1 is 0.930 bits per heavy atom. The minimum atomic E-state index is -0.726. The van der Waals surface area contributed by atoms with Crippen LogP contribution in [0, 0.1) is 5.92 Å². The van der Waals surface area contributed by atoms with Gasteiger partial charge in [0.05, 0.1) is 41.2 Å². The fourth-order valence-electron chi connectivity index (χ4n) is 4.97.